The van der Waals surface area contributed by atoms with Crippen molar-refractivity contribution in [1.29, 1.82) is 0 Å². The van der Waals surface area contributed by atoms with Gasteiger partial charge in [-0.3, -0.25) is 4.79 Å². The first-order chi connectivity index (χ1) is 3.27. The molecule has 0 bridgehead atoms. The topological polar surface area (TPSA) is 37.3 Å². The van der Waals surface area contributed by atoms with E-state index in [9.17, 15) is 4.79 Å². The molecular weight excluding hydrogens is 138 g/mol. The van der Waals surface area contributed by atoms with Crippen molar-refractivity contribution in [1.82, 2.24) is 0 Å². The van der Waals surface area contributed by atoms with Gasteiger partial charge in [-0.05, 0) is 6.42 Å². The number of hydrogen-bond donors (Lipinski definition) is 1. The van der Waals surface area contributed by atoms with Gasteiger partial charge in [0.25, 0.3) is 0 Å². The van der Waals surface area contributed by atoms with E-state index in [1.807, 2.05) is 0 Å². The second-order valence-corrected chi connectivity index (χ2v) is 1.56. The van der Waals surface area contributed by atoms with Crippen molar-refractivity contribution in [3.63, 3.8) is 0 Å². The summed E-state index contributed by atoms with van der Waals surface area (Å²) in [6, 6.07) is 0. The number of carbonyl (C=O) groups is 1. The Kier molecular flexibility index (Phi) is 11.2. The minimum Gasteiger partial charge on any atom is -1.00 e. The molecule has 0 aliphatic heterocycles. The van der Waals surface area contributed by atoms with Gasteiger partial charge in [-0.25, -0.2) is 0 Å². The van der Waals surface area contributed by atoms with E-state index in [0.717, 1.165) is 0 Å². The van der Waals surface area contributed by atoms with Crippen LogP contribution in [-0.4, -0.2) is 17.0 Å². The van der Waals surface area contributed by atoms with Crippen LogP contribution in [0.2, 0.25) is 0 Å². The predicted octanol–water partition coefficient (Wildman–Crippen LogP) is -1.79. The quantitative estimate of drug-likeness (QED) is 0.377. The van der Waals surface area contributed by atoms with Gasteiger partial charge >= 0.3 is 35.5 Å². The zero-order valence-corrected chi connectivity index (χ0v) is 7.61. The maximum atomic E-state index is 9.70. The third kappa shape index (κ3) is 9.90. The van der Waals surface area contributed by atoms with Gasteiger partial charge in [0.15, 0.2) is 0 Å². The van der Waals surface area contributed by atoms with Gasteiger partial charge < -0.3 is 6.53 Å². The SMILES string of the molecule is O=C(O)CCCCl.[H-].[Na+]. The number of halogens is 1. The summed E-state index contributed by atoms with van der Waals surface area (Å²) in [7, 11) is 0. The Labute approximate surface area is 77.0 Å². The molecule has 0 spiro atoms. The van der Waals surface area contributed by atoms with Gasteiger partial charge in [0.1, 0.15) is 0 Å². The minimum absolute atomic E-state index is 0. The Balaban J connectivity index is -0.000000180. The second kappa shape index (κ2) is 7.76. The van der Waals surface area contributed by atoms with Gasteiger partial charge in [-0.1, -0.05) is 0 Å². The van der Waals surface area contributed by atoms with Gasteiger partial charge in [-0.15, -0.1) is 11.6 Å². The van der Waals surface area contributed by atoms with Crippen LogP contribution in [0.4, 0.5) is 0 Å². The van der Waals surface area contributed by atoms with E-state index in [2.05, 4.69) is 0 Å². The number of carboxylic acids is 1. The number of rotatable bonds is 3. The van der Waals surface area contributed by atoms with Gasteiger partial charge in [0, 0.05) is 12.3 Å². The molecule has 0 saturated carbocycles. The summed E-state index contributed by atoms with van der Waals surface area (Å²) < 4.78 is 0. The standard InChI is InChI=1S/C4H7ClO2.Na.H/c5-3-1-2-4(6)7;;/h1-3H2,(H,6,7);;/q;+1;-1. The Bertz CT molecular complexity index is 71.6. The fourth-order valence-corrected chi connectivity index (χ4v) is 0.352. The molecule has 44 valence electrons. The van der Waals surface area contributed by atoms with Crippen molar-refractivity contribution in [2.75, 3.05) is 5.88 Å². The van der Waals surface area contributed by atoms with Crippen molar-refractivity contribution in [2.24, 2.45) is 0 Å². The van der Waals surface area contributed by atoms with E-state index in [1.54, 1.807) is 0 Å². The zero-order valence-electron chi connectivity index (χ0n) is 5.85. The normalized spacial score (nSPS) is 7.62. The molecule has 0 unspecified atom stereocenters. The minimum atomic E-state index is -0.777. The molecule has 0 heterocycles. The summed E-state index contributed by atoms with van der Waals surface area (Å²) >= 11 is 5.18. The molecule has 0 fully saturated rings. The first-order valence-corrected chi connectivity index (χ1v) is 2.58. The summed E-state index contributed by atoms with van der Waals surface area (Å²) in [5.41, 5.74) is 0. The van der Waals surface area contributed by atoms with Crippen LogP contribution in [0.25, 0.3) is 0 Å². The smallest absolute Gasteiger partial charge is 1.00 e. The van der Waals surface area contributed by atoms with E-state index in [0.29, 0.717) is 12.3 Å². The number of aliphatic carboxylic acids is 1. The van der Waals surface area contributed by atoms with Crippen molar-refractivity contribution >= 4 is 17.6 Å². The van der Waals surface area contributed by atoms with Crippen LogP contribution >= 0.6 is 11.6 Å². The molecule has 2 nitrogen and oxygen atoms in total. The van der Waals surface area contributed by atoms with Crippen molar-refractivity contribution in [3.05, 3.63) is 0 Å². The van der Waals surface area contributed by atoms with Gasteiger partial charge in [0.2, 0.25) is 0 Å². The molecule has 4 heteroatoms. The van der Waals surface area contributed by atoms with Crippen LogP contribution in [0.5, 0.6) is 0 Å². The van der Waals surface area contributed by atoms with Crippen LogP contribution in [0, 0.1) is 0 Å². The third-order valence-electron chi connectivity index (χ3n) is 0.524. The number of alkyl halides is 1. The van der Waals surface area contributed by atoms with E-state index in [-0.39, 0.29) is 37.4 Å². The third-order valence-corrected chi connectivity index (χ3v) is 0.792. The maximum Gasteiger partial charge on any atom is 1.00 e. The molecular formula is C4H8ClNaO2. The molecule has 0 aliphatic rings. The summed E-state index contributed by atoms with van der Waals surface area (Å²) in [6.07, 6.45) is 0.750. The molecule has 0 aromatic rings. The average Bonchev–Trinajstić information content (AvgIpc) is 1.61. The van der Waals surface area contributed by atoms with Crippen LogP contribution in [0.3, 0.4) is 0 Å². The molecule has 0 aromatic carbocycles. The van der Waals surface area contributed by atoms with E-state index in [1.165, 1.54) is 0 Å². The fraction of sp³-hybridized carbons (Fsp3) is 0.750. The van der Waals surface area contributed by atoms with E-state index in [4.69, 9.17) is 16.7 Å². The molecule has 0 atom stereocenters. The van der Waals surface area contributed by atoms with Crippen molar-refractivity contribution in [3.8, 4) is 0 Å². The first kappa shape index (κ1) is 11.5. The maximum absolute atomic E-state index is 9.70. The number of hydrogen-bond acceptors (Lipinski definition) is 1. The largest absolute Gasteiger partial charge is 1.00 e. The molecule has 0 aromatic heterocycles. The second-order valence-electron chi connectivity index (χ2n) is 1.19. The fourth-order valence-electron chi connectivity index (χ4n) is 0.218. The monoisotopic (exact) mass is 146 g/mol. The first-order valence-electron chi connectivity index (χ1n) is 2.05. The van der Waals surface area contributed by atoms with Gasteiger partial charge in [-0.2, -0.15) is 0 Å². The summed E-state index contributed by atoms with van der Waals surface area (Å²) in [4.78, 5) is 9.70. The van der Waals surface area contributed by atoms with Crippen molar-refractivity contribution < 1.29 is 40.9 Å². The van der Waals surface area contributed by atoms with Crippen LogP contribution in [-0.2, 0) is 4.79 Å². The Morgan fingerprint density at radius 2 is 2.25 bits per heavy atom. The Hall–Kier alpha value is 0.760. The molecule has 0 saturated heterocycles. The summed E-state index contributed by atoms with van der Waals surface area (Å²) in [5.74, 6) is -0.340. The number of carboxylic acid groups (broad SMARTS) is 1. The van der Waals surface area contributed by atoms with E-state index >= 15 is 0 Å². The zero-order chi connectivity index (χ0) is 5.70. The average molecular weight is 147 g/mol. The molecule has 0 radical (unpaired) electrons. The summed E-state index contributed by atoms with van der Waals surface area (Å²) in [5, 5.41) is 7.99. The van der Waals surface area contributed by atoms with Crippen LogP contribution in [0.1, 0.15) is 14.3 Å². The van der Waals surface area contributed by atoms with E-state index < -0.39 is 5.97 Å². The van der Waals surface area contributed by atoms with Crippen LogP contribution in [0.15, 0.2) is 0 Å². The molecule has 0 rings (SSSR count). The van der Waals surface area contributed by atoms with Crippen LogP contribution < -0.4 is 29.6 Å². The van der Waals surface area contributed by atoms with Crippen molar-refractivity contribution in [2.45, 2.75) is 12.8 Å². The Morgan fingerprint density at radius 1 is 1.75 bits per heavy atom. The Morgan fingerprint density at radius 3 is 2.38 bits per heavy atom. The molecule has 0 amide bonds. The molecule has 1 N–H and O–H groups in total. The predicted molar refractivity (Wildman–Crippen MR) is 28.7 cm³/mol. The summed E-state index contributed by atoms with van der Waals surface area (Å²) in [6.45, 7) is 0. The molecule has 0 aliphatic carbocycles. The molecule has 8 heavy (non-hydrogen) atoms. The van der Waals surface area contributed by atoms with Gasteiger partial charge in [0.05, 0.1) is 0 Å².